The number of hydrogen-bond donors (Lipinski definition) is 0. The molecule has 7 nitrogen and oxygen atoms in total. The molecule has 178 valence electrons. The SMILES string of the molecule is CN(Cc1ccc2c(c1)OCO2)C(=O)C1CCN(S(=O)(=O)c2ccccc2C(F)(F)F)CC1. The van der Waals surface area contributed by atoms with Crippen LogP contribution in [0.4, 0.5) is 13.2 Å². The van der Waals surface area contributed by atoms with Crippen LogP contribution >= 0.6 is 0 Å². The lowest BCUT2D eigenvalue weighted by Crippen LogP contribution is -2.43. The van der Waals surface area contributed by atoms with Crippen molar-refractivity contribution in [2.24, 2.45) is 5.92 Å². The van der Waals surface area contributed by atoms with Gasteiger partial charge in [0.15, 0.2) is 11.5 Å². The number of nitrogens with zero attached hydrogens (tertiary/aromatic N) is 2. The predicted octanol–water partition coefficient (Wildman–Crippen LogP) is 3.49. The zero-order chi connectivity index (χ0) is 23.8. The predicted molar refractivity (Wildman–Crippen MR) is 112 cm³/mol. The van der Waals surface area contributed by atoms with Gasteiger partial charge in [0.25, 0.3) is 0 Å². The molecule has 0 aromatic heterocycles. The molecule has 0 saturated carbocycles. The number of hydrogen-bond acceptors (Lipinski definition) is 5. The third-order valence-corrected chi connectivity index (χ3v) is 7.80. The van der Waals surface area contributed by atoms with Gasteiger partial charge in [-0.2, -0.15) is 17.5 Å². The molecular formula is C22H23F3N2O5S. The Morgan fingerprint density at radius 1 is 1.09 bits per heavy atom. The first-order valence-corrected chi connectivity index (χ1v) is 11.8. The summed E-state index contributed by atoms with van der Waals surface area (Å²) < 4.78 is 77.4. The molecule has 4 rings (SSSR count). The van der Waals surface area contributed by atoms with Crippen LogP contribution in [0.25, 0.3) is 0 Å². The monoisotopic (exact) mass is 484 g/mol. The molecule has 0 bridgehead atoms. The van der Waals surface area contributed by atoms with Crippen LogP contribution in [-0.2, 0) is 27.5 Å². The van der Waals surface area contributed by atoms with E-state index in [1.165, 1.54) is 6.07 Å². The van der Waals surface area contributed by atoms with Crippen molar-refractivity contribution in [1.82, 2.24) is 9.21 Å². The molecule has 2 aromatic carbocycles. The van der Waals surface area contributed by atoms with Gasteiger partial charge in [0, 0.05) is 32.6 Å². The summed E-state index contributed by atoms with van der Waals surface area (Å²) in [6.07, 6.45) is -4.31. The summed E-state index contributed by atoms with van der Waals surface area (Å²) in [4.78, 5) is 13.7. The van der Waals surface area contributed by atoms with Gasteiger partial charge in [-0.15, -0.1) is 0 Å². The van der Waals surface area contributed by atoms with Crippen molar-refractivity contribution in [2.45, 2.75) is 30.5 Å². The molecule has 0 aliphatic carbocycles. The summed E-state index contributed by atoms with van der Waals surface area (Å²) in [5, 5.41) is 0. The fourth-order valence-electron chi connectivity index (χ4n) is 4.11. The average molecular weight is 484 g/mol. The molecule has 2 aliphatic rings. The average Bonchev–Trinajstić information content (AvgIpc) is 3.26. The maximum Gasteiger partial charge on any atom is 0.417 e. The summed E-state index contributed by atoms with van der Waals surface area (Å²) in [7, 11) is -2.67. The van der Waals surface area contributed by atoms with Crippen molar-refractivity contribution < 1.29 is 35.9 Å². The Morgan fingerprint density at radius 3 is 2.45 bits per heavy atom. The Kier molecular flexibility index (Phi) is 6.28. The van der Waals surface area contributed by atoms with E-state index in [0.717, 1.165) is 28.1 Å². The van der Waals surface area contributed by atoms with Crippen LogP contribution in [0.2, 0.25) is 0 Å². The number of alkyl halides is 3. The van der Waals surface area contributed by atoms with Crippen molar-refractivity contribution in [3.8, 4) is 11.5 Å². The number of sulfonamides is 1. The summed E-state index contributed by atoms with van der Waals surface area (Å²) in [6, 6.07) is 9.57. The highest BCUT2D eigenvalue weighted by molar-refractivity contribution is 7.89. The van der Waals surface area contributed by atoms with Crippen LogP contribution in [0, 0.1) is 5.92 Å². The number of fused-ring (bicyclic) bond motifs is 1. The zero-order valence-corrected chi connectivity index (χ0v) is 18.7. The maximum absolute atomic E-state index is 13.3. The Balaban J connectivity index is 1.40. The highest BCUT2D eigenvalue weighted by Gasteiger charge is 2.40. The Bertz CT molecular complexity index is 1140. The van der Waals surface area contributed by atoms with Crippen LogP contribution in [-0.4, -0.2) is 50.5 Å². The zero-order valence-electron chi connectivity index (χ0n) is 17.8. The van der Waals surface area contributed by atoms with Crippen LogP contribution in [0.1, 0.15) is 24.0 Å². The number of piperidine rings is 1. The third kappa shape index (κ3) is 4.79. The van der Waals surface area contributed by atoms with E-state index in [2.05, 4.69) is 0 Å². The van der Waals surface area contributed by atoms with Crippen LogP contribution < -0.4 is 9.47 Å². The topological polar surface area (TPSA) is 76.2 Å². The Labute approximate surface area is 189 Å². The lowest BCUT2D eigenvalue weighted by atomic mass is 9.96. The quantitative estimate of drug-likeness (QED) is 0.650. The molecule has 1 fully saturated rings. The molecule has 33 heavy (non-hydrogen) atoms. The molecule has 2 aliphatic heterocycles. The van der Waals surface area contributed by atoms with E-state index in [1.807, 2.05) is 6.07 Å². The van der Waals surface area contributed by atoms with Gasteiger partial charge < -0.3 is 14.4 Å². The third-order valence-electron chi connectivity index (χ3n) is 5.85. The highest BCUT2D eigenvalue weighted by Crippen LogP contribution is 2.36. The molecule has 0 spiro atoms. The van der Waals surface area contributed by atoms with E-state index in [1.54, 1.807) is 24.1 Å². The van der Waals surface area contributed by atoms with E-state index in [0.29, 0.717) is 18.0 Å². The summed E-state index contributed by atoms with van der Waals surface area (Å²) in [6.45, 7) is 0.445. The minimum Gasteiger partial charge on any atom is -0.454 e. The second kappa shape index (κ2) is 8.86. The number of benzene rings is 2. The second-order valence-electron chi connectivity index (χ2n) is 8.05. The normalized spacial score (nSPS) is 17.2. The first-order chi connectivity index (χ1) is 15.6. The van der Waals surface area contributed by atoms with Gasteiger partial charge in [0.05, 0.1) is 10.5 Å². The van der Waals surface area contributed by atoms with Crippen molar-refractivity contribution >= 4 is 15.9 Å². The first kappa shape index (κ1) is 23.4. The van der Waals surface area contributed by atoms with E-state index in [4.69, 9.17) is 9.47 Å². The minimum atomic E-state index is -4.78. The number of amides is 1. The van der Waals surface area contributed by atoms with E-state index in [-0.39, 0.29) is 38.6 Å². The van der Waals surface area contributed by atoms with Gasteiger partial charge >= 0.3 is 6.18 Å². The van der Waals surface area contributed by atoms with Gasteiger partial charge in [-0.3, -0.25) is 4.79 Å². The molecule has 0 atom stereocenters. The largest absolute Gasteiger partial charge is 0.454 e. The van der Waals surface area contributed by atoms with Gasteiger partial charge in [0.1, 0.15) is 0 Å². The number of rotatable bonds is 5. The van der Waals surface area contributed by atoms with Gasteiger partial charge in [0.2, 0.25) is 22.7 Å². The number of carbonyl (C=O) groups excluding carboxylic acids is 1. The second-order valence-corrected chi connectivity index (χ2v) is 9.96. The van der Waals surface area contributed by atoms with Crippen molar-refractivity contribution in [2.75, 3.05) is 26.9 Å². The summed E-state index contributed by atoms with van der Waals surface area (Å²) in [5.74, 6) is 0.716. The van der Waals surface area contributed by atoms with Crippen molar-refractivity contribution in [3.05, 3.63) is 53.6 Å². The molecule has 0 N–H and O–H groups in total. The van der Waals surface area contributed by atoms with Crippen molar-refractivity contribution in [3.63, 3.8) is 0 Å². The van der Waals surface area contributed by atoms with Gasteiger partial charge in [-0.05, 0) is 42.7 Å². The number of carbonyl (C=O) groups is 1. The Hall–Kier alpha value is -2.79. The van der Waals surface area contributed by atoms with Crippen molar-refractivity contribution in [1.29, 1.82) is 0 Å². The number of ether oxygens (including phenoxy) is 2. The molecule has 0 unspecified atom stereocenters. The van der Waals surface area contributed by atoms with E-state index in [9.17, 15) is 26.4 Å². The minimum absolute atomic E-state index is 0.0250. The molecule has 2 aromatic rings. The first-order valence-electron chi connectivity index (χ1n) is 10.4. The molecule has 0 radical (unpaired) electrons. The molecule has 1 saturated heterocycles. The maximum atomic E-state index is 13.3. The summed E-state index contributed by atoms with van der Waals surface area (Å²) in [5.41, 5.74) is -0.328. The smallest absolute Gasteiger partial charge is 0.417 e. The molecular weight excluding hydrogens is 461 g/mol. The fraction of sp³-hybridized carbons (Fsp3) is 0.409. The van der Waals surface area contributed by atoms with Crippen LogP contribution in [0.15, 0.2) is 47.4 Å². The molecule has 1 amide bonds. The fourth-order valence-corrected chi connectivity index (χ4v) is 5.79. The van der Waals surface area contributed by atoms with E-state index >= 15 is 0 Å². The van der Waals surface area contributed by atoms with Crippen LogP contribution in [0.3, 0.4) is 0 Å². The number of halogens is 3. The lowest BCUT2D eigenvalue weighted by Gasteiger charge is -2.33. The molecule has 2 heterocycles. The van der Waals surface area contributed by atoms with Gasteiger partial charge in [-0.25, -0.2) is 8.42 Å². The standard InChI is InChI=1S/C22H23F3N2O5S/c1-26(13-15-6-7-18-19(12-15)32-14-31-18)21(28)16-8-10-27(11-9-16)33(29,30)20-5-3-2-4-17(20)22(23,24)25/h2-7,12,16H,8-11,13-14H2,1H3. The highest BCUT2D eigenvalue weighted by atomic mass is 32.2. The van der Waals surface area contributed by atoms with Gasteiger partial charge in [-0.1, -0.05) is 18.2 Å². The molecule has 11 heteroatoms. The van der Waals surface area contributed by atoms with Crippen LogP contribution in [0.5, 0.6) is 11.5 Å². The summed E-state index contributed by atoms with van der Waals surface area (Å²) >= 11 is 0. The Morgan fingerprint density at radius 2 is 1.76 bits per heavy atom. The van der Waals surface area contributed by atoms with E-state index < -0.39 is 32.6 Å². The lowest BCUT2D eigenvalue weighted by molar-refractivity contribution is -0.140.